The first-order valence-corrected chi connectivity index (χ1v) is 7.73. The quantitative estimate of drug-likeness (QED) is 0.708. The van der Waals surface area contributed by atoms with Crippen LogP contribution in [0.5, 0.6) is 0 Å². The number of carbonyl (C=O) groups excluding carboxylic acids is 1. The van der Waals surface area contributed by atoms with E-state index in [-0.39, 0.29) is 12.3 Å². The standard InChI is InChI=1S/C15H30N2O2/c1-3-4-11-17(2)12-10-16-14(18)13-15(19)8-6-5-7-9-15/h19H,3-13H2,1-2H3,(H,16,18). The van der Waals surface area contributed by atoms with Crippen LogP contribution in [0.15, 0.2) is 0 Å². The van der Waals surface area contributed by atoms with Crippen molar-refractivity contribution in [3.05, 3.63) is 0 Å². The van der Waals surface area contributed by atoms with Crippen LogP contribution in [0.3, 0.4) is 0 Å². The molecule has 4 heteroatoms. The van der Waals surface area contributed by atoms with E-state index in [2.05, 4.69) is 24.2 Å². The largest absolute Gasteiger partial charge is 0.389 e. The third kappa shape index (κ3) is 6.92. The molecule has 0 aliphatic heterocycles. The summed E-state index contributed by atoms with van der Waals surface area (Å²) in [4.78, 5) is 14.1. The van der Waals surface area contributed by atoms with Crippen molar-refractivity contribution in [1.29, 1.82) is 0 Å². The fraction of sp³-hybridized carbons (Fsp3) is 0.933. The van der Waals surface area contributed by atoms with Crippen LogP contribution in [0.2, 0.25) is 0 Å². The molecule has 0 unspecified atom stereocenters. The summed E-state index contributed by atoms with van der Waals surface area (Å²) in [6, 6.07) is 0. The van der Waals surface area contributed by atoms with Gasteiger partial charge in [-0.2, -0.15) is 0 Å². The van der Waals surface area contributed by atoms with Gasteiger partial charge in [-0.05, 0) is 32.9 Å². The number of unbranched alkanes of at least 4 members (excludes halogenated alkanes) is 1. The van der Waals surface area contributed by atoms with E-state index in [0.717, 1.165) is 38.8 Å². The molecular weight excluding hydrogens is 240 g/mol. The number of nitrogens with zero attached hydrogens (tertiary/aromatic N) is 1. The van der Waals surface area contributed by atoms with Gasteiger partial charge < -0.3 is 15.3 Å². The number of hydrogen-bond donors (Lipinski definition) is 2. The molecule has 0 atom stereocenters. The van der Waals surface area contributed by atoms with Crippen LogP contribution >= 0.6 is 0 Å². The Hall–Kier alpha value is -0.610. The molecule has 1 fully saturated rings. The van der Waals surface area contributed by atoms with Crippen LogP contribution in [0.25, 0.3) is 0 Å². The number of rotatable bonds is 8. The monoisotopic (exact) mass is 270 g/mol. The SMILES string of the molecule is CCCCN(C)CCNC(=O)CC1(O)CCCCC1. The number of carbonyl (C=O) groups is 1. The highest BCUT2D eigenvalue weighted by molar-refractivity contribution is 5.77. The normalized spacial score (nSPS) is 18.5. The van der Waals surface area contributed by atoms with Crippen molar-refractivity contribution < 1.29 is 9.90 Å². The molecule has 0 aromatic heterocycles. The highest BCUT2D eigenvalue weighted by Gasteiger charge is 2.31. The molecule has 1 saturated carbocycles. The molecule has 112 valence electrons. The third-order valence-electron chi connectivity index (χ3n) is 3.98. The Kier molecular flexibility index (Phi) is 7.39. The van der Waals surface area contributed by atoms with Crippen LogP contribution in [0, 0.1) is 0 Å². The molecule has 4 nitrogen and oxygen atoms in total. The van der Waals surface area contributed by atoms with E-state index in [1.165, 1.54) is 19.3 Å². The first-order chi connectivity index (χ1) is 9.06. The van der Waals surface area contributed by atoms with Gasteiger partial charge in [0.05, 0.1) is 12.0 Å². The Labute approximate surface area is 117 Å². The third-order valence-corrected chi connectivity index (χ3v) is 3.98. The minimum atomic E-state index is -0.740. The van der Waals surface area contributed by atoms with Crippen molar-refractivity contribution in [3.8, 4) is 0 Å². The van der Waals surface area contributed by atoms with E-state index in [1.807, 2.05) is 0 Å². The summed E-state index contributed by atoms with van der Waals surface area (Å²) < 4.78 is 0. The second kappa shape index (κ2) is 8.54. The molecule has 0 bridgehead atoms. The van der Waals surface area contributed by atoms with E-state index in [4.69, 9.17) is 0 Å². The lowest BCUT2D eigenvalue weighted by atomic mass is 9.82. The van der Waals surface area contributed by atoms with Gasteiger partial charge in [-0.15, -0.1) is 0 Å². The topological polar surface area (TPSA) is 52.6 Å². The second-order valence-corrected chi connectivity index (χ2v) is 5.97. The number of likely N-dealkylation sites (N-methyl/N-ethyl adjacent to an activating group) is 1. The lowest BCUT2D eigenvalue weighted by molar-refractivity contribution is -0.127. The fourth-order valence-corrected chi connectivity index (χ4v) is 2.67. The van der Waals surface area contributed by atoms with Crippen LogP contribution in [0.4, 0.5) is 0 Å². The van der Waals surface area contributed by atoms with E-state index in [9.17, 15) is 9.90 Å². The van der Waals surface area contributed by atoms with Crippen molar-refractivity contribution in [3.63, 3.8) is 0 Å². The molecule has 0 saturated heterocycles. The number of aliphatic hydroxyl groups is 1. The average molecular weight is 270 g/mol. The van der Waals surface area contributed by atoms with Gasteiger partial charge in [0.25, 0.3) is 0 Å². The molecule has 1 rings (SSSR count). The lowest BCUT2D eigenvalue weighted by Crippen LogP contribution is -2.40. The second-order valence-electron chi connectivity index (χ2n) is 5.97. The summed E-state index contributed by atoms with van der Waals surface area (Å²) in [7, 11) is 2.08. The molecule has 0 aromatic rings. The summed E-state index contributed by atoms with van der Waals surface area (Å²) >= 11 is 0. The number of hydrogen-bond acceptors (Lipinski definition) is 3. The van der Waals surface area contributed by atoms with Gasteiger partial charge in [0.1, 0.15) is 0 Å². The van der Waals surface area contributed by atoms with Crippen molar-refractivity contribution in [2.75, 3.05) is 26.7 Å². The van der Waals surface area contributed by atoms with Crippen LogP contribution < -0.4 is 5.32 Å². The van der Waals surface area contributed by atoms with Crippen LogP contribution in [0.1, 0.15) is 58.3 Å². The smallest absolute Gasteiger partial charge is 0.222 e. The minimum Gasteiger partial charge on any atom is -0.389 e. The van der Waals surface area contributed by atoms with Gasteiger partial charge in [-0.3, -0.25) is 4.79 Å². The van der Waals surface area contributed by atoms with Crippen molar-refractivity contribution >= 4 is 5.91 Å². The van der Waals surface area contributed by atoms with Crippen molar-refractivity contribution in [1.82, 2.24) is 10.2 Å². The maximum atomic E-state index is 11.8. The Morgan fingerprint density at radius 1 is 1.26 bits per heavy atom. The Morgan fingerprint density at radius 2 is 1.95 bits per heavy atom. The van der Waals surface area contributed by atoms with Crippen LogP contribution in [-0.4, -0.2) is 48.2 Å². The number of nitrogens with one attached hydrogen (secondary N) is 1. The molecule has 19 heavy (non-hydrogen) atoms. The van der Waals surface area contributed by atoms with E-state index < -0.39 is 5.60 Å². The van der Waals surface area contributed by atoms with Crippen molar-refractivity contribution in [2.24, 2.45) is 0 Å². The molecule has 2 N–H and O–H groups in total. The molecule has 0 aromatic carbocycles. The van der Waals surface area contributed by atoms with Gasteiger partial charge in [0.15, 0.2) is 0 Å². The zero-order valence-electron chi connectivity index (χ0n) is 12.6. The first-order valence-electron chi connectivity index (χ1n) is 7.73. The Morgan fingerprint density at radius 3 is 2.58 bits per heavy atom. The average Bonchev–Trinajstić information content (AvgIpc) is 2.36. The van der Waals surface area contributed by atoms with Crippen LogP contribution in [-0.2, 0) is 4.79 Å². The molecule has 0 radical (unpaired) electrons. The summed E-state index contributed by atoms with van der Waals surface area (Å²) in [6.07, 6.45) is 7.49. The molecular formula is C15H30N2O2. The number of amides is 1. The van der Waals surface area contributed by atoms with Gasteiger partial charge in [-0.25, -0.2) is 0 Å². The summed E-state index contributed by atoms with van der Waals surface area (Å²) in [6.45, 7) is 4.82. The van der Waals surface area contributed by atoms with Crippen molar-refractivity contribution in [2.45, 2.75) is 63.9 Å². The summed E-state index contributed by atoms with van der Waals surface area (Å²) in [5.41, 5.74) is -0.740. The minimum absolute atomic E-state index is 0.00621. The Bertz CT molecular complexity index is 263. The predicted octanol–water partition coefficient (Wildman–Crippen LogP) is 1.92. The first kappa shape index (κ1) is 16.4. The molecule has 0 heterocycles. The van der Waals surface area contributed by atoms with Gasteiger partial charge >= 0.3 is 0 Å². The molecule has 1 aliphatic carbocycles. The van der Waals surface area contributed by atoms with Gasteiger partial charge in [0, 0.05) is 13.1 Å². The summed E-state index contributed by atoms with van der Waals surface area (Å²) in [5, 5.41) is 13.2. The van der Waals surface area contributed by atoms with Gasteiger partial charge in [-0.1, -0.05) is 32.6 Å². The lowest BCUT2D eigenvalue weighted by Gasteiger charge is -2.31. The molecule has 0 spiro atoms. The molecule has 1 amide bonds. The maximum absolute atomic E-state index is 11.8. The summed E-state index contributed by atoms with van der Waals surface area (Å²) in [5.74, 6) is -0.00621. The van der Waals surface area contributed by atoms with E-state index in [1.54, 1.807) is 0 Å². The highest BCUT2D eigenvalue weighted by atomic mass is 16.3. The maximum Gasteiger partial charge on any atom is 0.222 e. The zero-order chi connectivity index (χ0) is 14.1. The zero-order valence-corrected chi connectivity index (χ0v) is 12.6. The highest BCUT2D eigenvalue weighted by Crippen LogP contribution is 2.30. The Balaban J connectivity index is 2.13. The van der Waals surface area contributed by atoms with E-state index in [0.29, 0.717) is 6.54 Å². The predicted molar refractivity (Wildman–Crippen MR) is 78.1 cm³/mol. The van der Waals surface area contributed by atoms with E-state index >= 15 is 0 Å². The fourth-order valence-electron chi connectivity index (χ4n) is 2.67. The molecule has 1 aliphatic rings. The van der Waals surface area contributed by atoms with Gasteiger partial charge in [0.2, 0.25) is 5.91 Å².